The average Bonchev–Trinajstić information content (AvgIpc) is 2.64. The smallest absolute Gasteiger partial charge is 0.177 e. The zero-order chi connectivity index (χ0) is 11.1. The van der Waals surface area contributed by atoms with Gasteiger partial charge in [0.2, 0.25) is 0 Å². The van der Waals surface area contributed by atoms with E-state index in [1.807, 2.05) is 13.0 Å². The van der Waals surface area contributed by atoms with E-state index in [1.54, 1.807) is 6.20 Å². The molecule has 15 heavy (non-hydrogen) atoms. The van der Waals surface area contributed by atoms with Crippen molar-refractivity contribution in [3.8, 4) is 0 Å². The maximum absolute atomic E-state index is 5.72. The summed E-state index contributed by atoms with van der Waals surface area (Å²) in [4.78, 5) is 12.0. The second kappa shape index (κ2) is 3.31. The lowest BCUT2D eigenvalue weighted by Gasteiger charge is -2.18. The number of hydrogen-bond donors (Lipinski definition) is 2. The van der Waals surface area contributed by atoms with Gasteiger partial charge in [0.25, 0.3) is 0 Å². The molecular formula is C11H16N4. The molecule has 80 valence electrons. The number of hydrogen-bond acceptors (Lipinski definition) is 3. The Morgan fingerprint density at radius 2 is 2.20 bits per heavy atom. The molecule has 4 nitrogen and oxygen atoms in total. The zero-order valence-corrected chi connectivity index (χ0v) is 9.33. The predicted molar refractivity (Wildman–Crippen MR) is 60.7 cm³/mol. The van der Waals surface area contributed by atoms with Crippen LogP contribution in [-0.4, -0.2) is 21.5 Å². The highest BCUT2D eigenvalue weighted by molar-refractivity contribution is 5.74. The topological polar surface area (TPSA) is 67.6 Å². The van der Waals surface area contributed by atoms with E-state index < -0.39 is 0 Å². The summed E-state index contributed by atoms with van der Waals surface area (Å²) in [6.07, 6.45) is 1.78. The summed E-state index contributed by atoms with van der Waals surface area (Å²) in [5.41, 5.74) is 8.52. The van der Waals surface area contributed by atoms with Crippen LogP contribution in [-0.2, 0) is 5.41 Å². The summed E-state index contributed by atoms with van der Waals surface area (Å²) in [6.45, 7) is 6.74. The van der Waals surface area contributed by atoms with Gasteiger partial charge in [0, 0.05) is 18.2 Å². The number of nitrogens with two attached hydrogens (primary N) is 1. The maximum Gasteiger partial charge on any atom is 0.177 e. The van der Waals surface area contributed by atoms with Gasteiger partial charge in [0.05, 0.1) is 5.52 Å². The first kappa shape index (κ1) is 10.1. The zero-order valence-electron chi connectivity index (χ0n) is 9.33. The van der Waals surface area contributed by atoms with Crippen LogP contribution >= 0.6 is 0 Å². The van der Waals surface area contributed by atoms with Crippen molar-refractivity contribution in [1.82, 2.24) is 15.0 Å². The highest BCUT2D eigenvalue weighted by Crippen LogP contribution is 2.22. The van der Waals surface area contributed by atoms with Gasteiger partial charge in [0.15, 0.2) is 5.65 Å². The lowest BCUT2D eigenvalue weighted by atomic mass is 9.93. The molecule has 3 N–H and O–H groups in total. The SMILES string of the molecule is Cc1ccnc2nc(C(C)(C)CN)[nH]c12. The summed E-state index contributed by atoms with van der Waals surface area (Å²) >= 11 is 0. The van der Waals surface area contributed by atoms with Crippen LogP contribution in [0.4, 0.5) is 0 Å². The molecule has 2 rings (SSSR count). The Morgan fingerprint density at radius 3 is 2.80 bits per heavy atom. The molecular weight excluding hydrogens is 188 g/mol. The average molecular weight is 204 g/mol. The number of fused-ring (bicyclic) bond motifs is 1. The Bertz CT molecular complexity index is 484. The van der Waals surface area contributed by atoms with Gasteiger partial charge in [-0.1, -0.05) is 13.8 Å². The molecule has 0 amide bonds. The first-order valence-electron chi connectivity index (χ1n) is 5.06. The molecule has 0 radical (unpaired) electrons. The van der Waals surface area contributed by atoms with Crippen molar-refractivity contribution >= 4 is 11.2 Å². The molecule has 0 unspecified atom stereocenters. The molecule has 2 heterocycles. The van der Waals surface area contributed by atoms with Crippen LogP contribution in [0.25, 0.3) is 11.2 Å². The minimum absolute atomic E-state index is 0.132. The largest absolute Gasteiger partial charge is 0.340 e. The second-order valence-electron chi connectivity index (χ2n) is 4.50. The highest BCUT2D eigenvalue weighted by Gasteiger charge is 2.23. The Hall–Kier alpha value is -1.42. The lowest BCUT2D eigenvalue weighted by Crippen LogP contribution is -2.29. The first-order valence-corrected chi connectivity index (χ1v) is 5.06. The van der Waals surface area contributed by atoms with Crippen LogP contribution in [0.5, 0.6) is 0 Å². The molecule has 4 heteroatoms. The summed E-state index contributed by atoms with van der Waals surface area (Å²) in [5.74, 6) is 0.904. The Balaban J connectivity index is 2.62. The number of nitrogens with one attached hydrogen (secondary N) is 1. The molecule has 0 aliphatic carbocycles. The molecule has 0 saturated carbocycles. The number of H-pyrrole nitrogens is 1. The number of rotatable bonds is 2. The van der Waals surface area contributed by atoms with Gasteiger partial charge in [-0.25, -0.2) is 9.97 Å². The van der Waals surface area contributed by atoms with E-state index in [1.165, 1.54) is 0 Å². The first-order chi connectivity index (χ1) is 7.04. The molecule has 0 aromatic carbocycles. The van der Waals surface area contributed by atoms with Gasteiger partial charge < -0.3 is 10.7 Å². The van der Waals surface area contributed by atoms with E-state index in [2.05, 4.69) is 28.8 Å². The number of aromatic amines is 1. The molecule has 0 saturated heterocycles. The van der Waals surface area contributed by atoms with Crippen LogP contribution < -0.4 is 5.73 Å². The summed E-state index contributed by atoms with van der Waals surface area (Å²) in [7, 11) is 0. The number of imidazole rings is 1. The predicted octanol–water partition coefficient (Wildman–Crippen LogP) is 1.50. The van der Waals surface area contributed by atoms with Crippen molar-refractivity contribution in [3.05, 3.63) is 23.7 Å². The number of aromatic nitrogens is 3. The van der Waals surface area contributed by atoms with Gasteiger partial charge in [-0.05, 0) is 18.6 Å². The highest BCUT2D eigenvalue weighted by atomic mass is 15.0. The number of nitrogens with zero attached hydrogens (tertiary/aromatic N) is 2. The van der Waals surface area contributed by atoms with Crippen LogP contribution in [0.1, 0.15) is 25.2 Å². The molecule has 0 atom stereocenters. The van der Waals surface area contributed by atoms with Crippen molar-refractivity contribution in [2.24, 2.45) is 5.73 Å². The standard InChI is InChI=1S/C11H16N4/c1-7-4-5-13-9-8(7)14-10(15-9)11(2,3)6-12/h4-5H,6,12H2,1-3H3,(H,13,14,15). The van der Waals surface area contributed by atoms with E-state index in [0.29, 0.717) is 6.54 Å². The van der Waals surface area contributed by atoms with Crippen molar-refractivity contribution in [2.75, 3.05) is 6.54 Å². The summed E-state index contributed by atoms with van der Waals surface area (Å²) < 4.78 is 0. The normalized spacial score (nSPS) is 12.3. The van der Waals surface area contributed by atoms with E-state index >= 15 is 0 Å². The van der Waals surface area contributed by atoms with Crippen molar-refractivity contribution in [3.63, 3.8) is 0 Å². The van der Waals surface area contributed by atoms with E-state index in [-0.39, 0.29) is 5.41 Å². The monoisotopic (exact) mass is 204 g/mol. The van der Waals surface area contributed by atoms with Crippen LogP contribution in [0.15, 0.2) is 12.3 Å². The third-order valence-corrected chi connectivity index (χ3v) is 2.75. The quantitative estimate of drug-likeness (QED) is 0.779. The third-order valence-electron chi connectivity index (χ3n) is 2.75. The van der Waals surface area contributed by atoms with Gasteiger partial charge in [-0.2, -0.15) is 0 Å². The molecule has 0 bridgehead atoms. The maximum atomic E-state index is 5.72. The molecule has 0 fully saturated rings. The number of aryl methyl sites for hydroxylation is 1. The number of pyridine rings is 1. The Morgan fingerprint density at radius 1 is 1.47 bits per heavy atom. The summed E-state index contributed by atoms with van der Waals surface area (Å²) in [6, 6.07) is 1.97. The molecule has 0 aliphatic heterocycles. The fourth-order valence-corrected chi connectivity index (χ4v) is 1.45. The van der Waals surface area contributed by atoms with E-state index in [4.69, 9.17) is 5.73 Å². The van der Waals surface area contributed by atoms with Crippen LogP contribution in [0, 0.1) is 6.92 Å². The van der Waals surface area contributed by atoms with Crippen molar-refractivity contribution in [1.29, 1.82) is 0 Å². The Kier molecular flexibility index (Phi) is 2.23. The lowest BCUT2D eigenvalue weighted by molar-refractivity contribution is 0.509. The fourth-order valence-electron chi connectivity index (χ4n) is 1.45. The van der Waals surface area contributed by atoms with Gasteiger partial charge >= 0.3 is 0 Å². The minimum atomic E-state index is -0.132. The molecule has 2 aromatic rings. The van der Waals surface area contributed by atoms with Crippen LogP contribution in [0.3, 0.4) is 0 Å². The molecule has 2 aromatic heterocycles. The van der Waals surface area contributed by atoms with Gasteiger partial charge in [-0.3, -0.25) is 0 Å². The second-order valence-corrected chi connectivity index (χ2v) is 4.50. The van der Waals surface area contributed by atoms with E-state index in [9.17, 15) is 0 Å². The fraction of sp³-hybridized carbons (Fsp3) is 0.455. The van der Waals surface area contributed by atoms with Crippen molar-refractivity contribution < 1.29 is 0 Å². The molecule has 0 aliphatic rings. The third kappa shape index (κ3) is 1.61. The van der Waals surface area contributed by atoms with Crippen LogP contribution in [0.2, 0.25) is 0 Å². The Labute approximate surface area is 88.9 Å². The van der Waals surface area contributed by atoms with Gasteiger partial charge in [0.1, 0.15) is 5.82 Å². The van der Waals surface area contributed by atoms with Gasteiger partial charge in [-0.15, -0.1) is 0 Å². The summed E-state index contributed by atoms with van der Waals surface area (Å²) in [5, 5.41) is 0. The van der Waals surface area contributed by atoms with Crippen molar-refractivity contribution in [2.45, 2.75) is 26.2 Å². The minimum Gasteiger partial charge on any atom is -0.340 e. The van der Waals surface area contributed by atoms with E-state index in [0.717, 1.165) is 22.6 Å². The molecule has 0 spiro atoms.